The SMILES string of the molecule is Nc1ncnc2c1ncn2[C@@H]1O[C@@]2(COP(=O)(O)O[C@@H]3[C@H](O)[C@@H](COP(=O)([O-])O)O[C@H]3n3cc(F)c4c(=O)[nH]cnc43)CO[C@@H]1C2. The Balaban J connectivity index is 1.11. The maximum absolute atomic E-state index is 14.8. The van der Waals surface area contributed by atoms with E-state index < -0.39 is 88.1 Å². The summed E-state index contributed by atoms with van der Waals surface area (Å²) in [5.74, 6) is -0.891. The third kappa shape index (κ3) is 5.55. The summed E-state index contributed by atoms with van der Waals surface area (Å²) in [6, 6.07) is 0. The third-order valence-electron chi connectivity index (χ3n) is 7.79. The maximum atomic E-state index is 14.8. The molecular formula is C22H24FN8O13P2-. The molecule has 4 aromatic heterocycles. The molecule has 6 N–H and O–H groups in total. The Morgan fingerprint density at radius 1 is 1.17 bits per heavy atom. The first-order valence-electron chi connectivity index (χ1n) is 13.4. The number of H-pyrrole nitrogens is 1. The second kappa shape index (κ2) is 11.2. The number of aromatic amines is 1. The van der Waals surface area contributed by atoms with E-state index in [-0.39, 0.29) is 24.5 Å². The Kier molecular flexibility index (Phi) is 7.63. The molecule has 3 fully saturated rings. The van der Waals surface area contributed by atoms with E-state index in [1.54, 1.807) is 4.57 Å². The number of aromatic nitrogens is 7. The fourth-order valence-corrected chi connectivity index (χ4v) is 7.09. The molecule has 24 heteroatoms. The number of anilines is 1. The van der Waals surface area contributed by atoms with E-state index >= 15 is 0 Å². The van der Waals surface area contributed by atoms with Gasteiger partial charge in [-0.1, -0.05) is 0 Å². The van der Waals surface area contributed by atoms with E-state index in [0.29, 0.717) is 11.2 Å². The third-order valence-corrected chi connectivity index (χ3v) is 9.23. The van der Waals surface area contributed by atoms with Crippen molar-refractivity contribution in [1.29, 1.82) is 0 Å². The molecule has 7 heterocycles. The van der Waals surface area contributed by atoms with Crippen molar-refractivity contribution < 1.29 is 61.1 Å². The number of nitrogens with two attached hydrogens (primary N) is 1. The fourth-order valence-electron chi connectivity index (χ4n) is 5.76. The Labute approximate surface area is 254 Å². The van der Waals surface area contributed by atoms with Gasteiger partial charge < -0.3 is 53.8 Å². The number of hydrogen-bond acceptors (Lipinski definition) is 16. The number of phosphoric ester groups is 2. The minimum absolute atomic E-state index is 0.0135. The molecule has 0 aromatic carbocycles. The van der Waals surface area contributed by atoms with Crippen LogP contribution >= 0.6 is 15.6 Å². The predicted octanol–water partition coefficient (Wildman–Crippen LogP) is -1.42. The van der Waals surface area contributed by atoms with E-state index in [1.807, 2.05) is 0 Å². The lowest BCUT2D eigenvalue weighted by Gasteiger charge is -2.32. The number of nitrogens with one attached hydrogen (secondary N) is 1. The van der Waals surface area contributed by atoms with Crippen LogP contribution in [-0.2, 0) is 36.9 Å². The lowest BCUT2D eigenvalue weighted by molar-refractivity contribution is -0.222. The van der Waals surface area contributed by atoms with Gasteiger partial charge in [-0.05, 0) is 0 Å². The molecule has 46 heavy (non-hydrogen) atoms. The summed E-state index contributed by atoms with van der Waals surface area (Å²) in [6.07, 6.45) is -3.62. The van der Waals surface area contributed by atoms with Gasteiger partial charge in [0.15, 0.2) is 35.4 Å². The van der Waals surface area contributed by atoms with Crippen LogP contribution < -0.4 is 16.2 Å². The summed E-state index contributed by atoms with van der Waals surface area (Å²) in [5, 5.41) is 10.4. The van der Waals surface area contributed by atoms with Gasteiger partial charge in [0.1, 0.15) is 47.2 Å². The molecule has 4 aromatic rings. The molecule has 21 nitrogen and oxygen atoms in total. The molecule has 2 bridgehead atoms. The van der Waals surface area contributed by atoms with Crippen LogP contribution in [0.15, 0.2) is 30.0 Å². The molecule has 248 valence electrons. The van der Waals surface area contributed by atoms with Gasteiger partial charge in [0, 0.05) is 12.6 Å². The van der Waals surface area contributed by atoms with Gasteiger partial charge >= 0.3 is 7.82 Å². The monoisotopic (exact) mass is 689 g/mol. The van der Waals surface area contributed by atoms with Crippen molar-refractivity contribution in [2.75, 3.05) is 25.6 Å². The second-order valence-corrected chi connectivity index (χ2v) is 13.4. The van der Waals surface area contributed by atoms with E-state index in [0.717, 1.165) is 17.1 Å². The van der Waals surface area contributed by atoms with Gasteiger partial charge in [-0.2, -0.15) is 0 Å². The molecule has 0 saturated carbocycles. The Morgan fingerprint density at radius 3 is 2.76 bits per heavy atom. The number of halogens is 1. The quantitative estimate of drug-likeness (QED) is 0.119. The highest BCUT2D eigenvalue weighted by Gasteiger charge is 2.56. The van der Waals surface area contributed by atoms with Crippen LogP contribution in [0, 0.1) is 5.82 Å². The number of nitrogen functional groups attached to an aromatic ring is 1. The molecule has 2 unspecified atom stereocenters. The number of phosphoric acid groups is 2. The molecule has 0 spiro atoms. The van der Waals surface area contributed by atoms with Gasteiger partial charge in [-0.15, -0.1) is 0 Å². The van der Waals surface area contributed by atoms with Crippen molar-refractivity contribution in [1.82, 2.24) is 34.1 Å². The normalized spacial score (nSPS) is 31.9. The van der Waals surface area contributed by atoms with Crippen molar-refractivity contribution in [3.05, 3.63) is 41.3 Å². The molecular weight excluding hydrogens is 665 g/mol. The summed E-state index contributed by atoms with van der Waals surface area (Å²) >= 11 is 0. The molecule has 3 aliphatic heterocycles. The summed E-state index contributed by atoms with van der Waals surface area (Å²) in [6.45, 7) is -1.50. The van der Waals surface area contributed by atoms with Crippen molar-refractivity contribution in [3.8, 4) is 0 Å². The molecule has 3 aliphatic rings. The number of aliphatic hydroxyl groups excluding tert-OH is 1. The molecule has 9 atom stereocenters. The Hall–Kier alpha value is -3.24. The average molecular weight is 689 g/mol. The van der Waals surface area contributed by atoms with E-state index in [2.05, 4.69) is 29.4 Å². The van der Waals surface area contributed by atoms with E-state index in [4.69, 9.17) is 33.9 Å². The van der Waals surface area contributed by atoms with Crippen molar-refractivity contribution in [2.45, 2.75) is 48.9 Å². The number of aliphatic hydroxyl groups is 1. The topological polar surface area (TPSA) is 294 Å². The minimum atomic E-state index is -5.29. The van der Waals surface area contributed by atoms with Gasteiger partial charge in [0.2, 0.25) is 0 Å². The lowest BCUT2D eigenvalue weighted by atomic mass is 10.0. The van der Waals surface area contributed by atoms with Gasteiger partial charge in [-0.25, -0.2) is 28.9 Å². The van der Waals surface area contributed by atoms with Crippen LogP contribution in [0.2, 0.25) is 0 Å². The standard InChI is InChI=1S/C22H25FN8O13P2/c23-9-2-30(17-12(9)19(33)28-7-26-17)21-15(14(32)11(42-21)3-40-45(34,35)36)44-46(37,38)41-5-22-1-10(39-4-22)20(43-22)31-8-29-13-16(24)25-6-27-18(13)31/h2,6-8,10-11,14-15,20-21,32H,1,3-5H2,(H,37,38)(H2,24,25,27)(H,26,28,33)(H2,34,35,36)/p-1/t10-,11-,14-,15-,20-,21-,22-/m1/s1. The summed E-state index contributed by atoms with van der Waals surface area (Å²) in [4.78, 5) is 61.5. The number of hydrogen-bond donors (Lipinski definition) is 5. The zero-order valence-electron chi connectivity index (χ0n) is 23.1. The van der Waals surface area contributed by atoms with Crippen LogP contribution in [-0.4, -0.2) is 98.8 Å². The largest absolute Gasteiger partial charge is 0.756 e. The van der Waals surface area contributed by atoms with Crippen LogP contribution in [0.4, 0.5) is 10.2 Å². The number of rotatable bonds is 10. The first-order chi connectivity index (χ1) is 21.7. The zero-order chi connectivity index (χ0) is 32.6. The fraction of sp³-hybridized carbons (Fsp3) is 0.500. The molecule has 3 saturated heterocycles. The highest BCUT2D eigenvalue weighted by Crippen LogP contribution is 2.53. The predicted molar refractivity (Wildman–Crippen MR) is 144 cm³/mol. The molecule has 7 rings (SSSR count). The van der Waals surface area contributed by atoms with Crippen molar-refractivity contribution in [2.24, 2.45) is 0 Å². The van der Waals surface area contributed by atoms with Gasteiger partial charge in [0.25, 0.3) is 13.4 Å². The molecule has 0 radical (unpaired) electrons. The average Bonchev–Trinajstić information content (AvgIpc) is 3.80. The number of imidazole rings is 1. The van der Waals surface area contributed by atoms with Gasteiger partial charge in [-0.3, -0.25) is 23.0 Å². The maximum Gasteiger partial charge on any atom is 0.472 e. The number of nitrogens with zero attached hydrogens (tertiary/aromatic N) is 6. The van der Waals surface area contributed by atoms with Crippen LogP contribution in [0.25, 0.3) is 22.2 Å². The highest BCUT2D eigenvalue weighted by atomic mass is 31.2. The lowest BCUT2D eigenvalue weighted by Crippen LogP contribution is -2.40. The summed E-state index contributed by atoms with van der Waals surface area (Å²) in [5.41, 5.74) is 4.22. The highest BCUT2D eigenvalue weighted by molar-refractivity contribution is 7.47. The second-order valence-electron chi connectivity index (χ2n) is 10.8. The molecule has 0 amide bonds. The smallest absolute Gasteiger partial charge is 0.472 e. The Morgan fingerprint density at radius 2 is 1.98 bits per heavy atom. The first-order valence-corrected chi connectivity index (χ1v) is 16.4. The number of ether oxygens (including phenoxy) is 3. The van der Waals surface area contributed by atoms with E-state index in [1.165, 1.54) is 12.7 Å². The van der Waals surface area contributed by atoms with Crippen LogP contribution in [0.5, 0.6) is 0 Å². The minimum Gasteiger partial charge on any atom is -0.756 e. The summed E-state index contributed by atoms with van der Waals surface area (Å²) < 4.78 is 74.2. The number of fused-ring (bicyclic) bond motifs is 4. The van der Waals surface area contributed by atoms with E-state index in [9.17, 15) is 33.2 Å². The van der Waals surface area contributed by atoms with Crippen LogP contribution in [0.3, 0.4) is 0 Å². The van der Waals surface area contributed by atoms with Crippen molar-refractivity contribution in [3.63, 3.8) is 0 Å². The van der Waals surface area contributed by atoms with Crippen LogP contribution in [0.1, 0.15) is 18.9 Å². The van der Waals surface area contributed by atoms with Gasteiger partial charge in [0.05, 0.1) is 32.5 Å². The first kappa shape index (κ1) is 31.4. The molecule has 0 aliphatic carbocycles. The zero-order valence-corrected chi connectivity index (χ0v) is 24.8. The summed E-state index contributed by atoms with van der Waals surface area (Å²) in [7, 11) is -10.4. The Bertz CT molecular complexity index is 1970. The van der Waals surface area contributed by atoms with Crippen molar-refractivity contribution >= 4 is 43.7 Å².